The van der Waals surface area contributed by atoms with Crippen molar-refractivity contribution in [3.05, 3.63) is 54.1 Å². The minimum atomic E-state index is 0.443. The molecule has 0 radical (unpaired) electrons. The lowest BCUT2D eigenvalue weighted by Crippen LogP contribution is -2.00. The van der Waals surface area contributed by atoms with Gasteiger partial charge in [-0.3, -0.25) is 4.57 Å². The van der Waals surface area contributed by atoms with Gasteiger partial charge in [0.05, 0.1) is 36.0 Å². The zero-order valence-electron chi connectivity index (χ0n) is 11.3. The van der Waals surface area contributed by atoms with Crippen molar-refractivity contribution in [3.8, 4) is 22.7 Å². The van der Waals surface area contributed by atoms with E-state index in [4.69, 9.17) is 22.1 Å². The lowest BCUT2D eigenvalue weighted by atomic mass is 10.2. The van der Waals surface area contributed by atoms with Gasteiger partial charge in [0, 0.05) is 17.8 Å². The molecular weight excluding hydrogens is 288 g/mol. The third-order valence-corrected chi connectivity index (χ3v) is 3.49. The lowest BCUT2D eigenvalue weighted by Gasteiger charge is -2.12. The van der Waals surface area contributed by atoms with E-state index in [0.29, 0.717) is 16.6 Å². The van der Waals surface area contributed by atoms with Crippen molar-refractivity contribution >= 4 is 17.4 Å². The molecule has 0 bridgehead atoms. The van der Waals surface area contributed by atoms with Gasteiger partial charge < -0.3 is 10.5 Å². The van der Waals surface area contributed by atoms with Crippen LogP contribution < -0.4 is 10.5 Å². The van der Waals surface area contributed by atoms with Crippen molar-refractivity contribution in [3.63, 3.8) is 0 Å². The maximum Gasteiger partial charge on any atom is 0.132 e. The third-order valence-electron chi connectivity index (χ3n) is 3.17. The number of imidazole rings is 1. The summed E-state index contributed by atoms with van der Waals surface area (Å²) >= 11 is 6.29. The van der Waals surface area contributed by atoms with Crippen LogP contribution in [0.1, 0.15) is 0 Å². The average Bonchev–Trinajstić information content (AvgIpc) is 2.97. The van der Waals surface area contributed by atoms with Crippen LogP contribution in [0.25, 0.3) is 16.9 Å². The smallest absolute Gasteiger partial charge is 0.132 e. The van der Waals surface area contributed by atoms with Crippen molar-refractivity contribution in [1.29, 1.82) is 0 Å². The predicted octanol–water partition coefficient (Wildman–Crippen LogP) is 3.18. The highest BCUT2D eigenvalue weighted by atomic mass is 35.5. The molecule has 2 N–H and O–H groups in total. The van der Waals surface area contributed by atoms with Crippen LogP contribution in [0.5, 0.6) is 5.75 Å². The number of nitrogens with two attached hydrogens (primary N) is 1. The summed E-state index contributed by atoms with van der Waals surface area (Å²) in [4.78, 5) is 8.30. The highest BCUT2D eigenvalue weighted by Crippen LogP contribution is 2.31. The number of nitrogen functional groups attached to an aromatic ring is 1. The van der Waals surface area contributed by atoms with E-state index >= 15 is 0 Å². The van der Waals surface area contributed by atoms with E-state index in [1.54, 1.807) is 38.0 Å². The Bertz CT molecular complexity index is 785. The first-order valence-corrected chi connectivity index (χ1v) is 6.65. The highest BCUT2D eigenvalue weighted by Gasteiger charge is 2.13. The van der Waals surface area contributed by atoms with Gasteiger partial charge in [0.25, 0.3) is 0 Å². The minimum Gasteiger partial charge on any atom is -0.497 e. The van der Waals surface area contributed by atoms with Gasteiger partial charge in [0.15, 0.2) is 0 Å². The van der Waals surface area contributed by atoms with E-state index in [1.165, 1.54) is 0 Å². The summed E-state index contributed by atoms with van der Waals surface area (Å²) in [5.41, 5.74) is 8.33. The molecule has 0 amide bonds. The van der Waals surface area contributed by atoms with Crippen LogP contribution in [0, 0.1) is 0 Å². The van der Waals surface area contributed by atoms with Crippen LogP contribution in [0.15, 0.2) is 49.1 Å². The Morgan fingerprint density at radius 1 is 1.29 bits per heavy atom. The largest absolute Gasteiger partial charge is 0.497 e. The Morgan fingerprint density at radius 2 is 2.14 bits per heavy atom. The topological polar surface area (TPSA) is 66.0 Å². The fraction of sp³-hybridized carbons (Fsp3) is 0.0667. The van der Waals surface area contributed by atoms with E-state index in [2.05, 4.69) is 9.97 Å². The van der Waals surface area contributed by atoms with Crippen molar-refractivity contribution in [2.24, 2.45) is 0 Å². The van der Waals surface area contributed by atoms with Gasteiger partial charge in [-0.1, -0.05) is 11.6 Å². The number of methoxy groups -OCH3 is 1. The molecular formula is C15H13ClN4O. The Morgan fingerprint density at radius 3 is 2.90 bits per heavy atom. The van der Waals surface area contributed by atoms with Gasteiger partial charge in [-0.2, -0.15) is 0 Å². The molecule has 0 aliphatic carbocycles. The van der Waals surface area contributed by atoms with Gasteiger partial charge in [-0.15, -0.1) is 0 Å². The van der Waals surface area contributed by atoms with Gasteiger partial charge >= 0.3 is 0 Å². The lowest BCUT2D eigenvalue weighted by molar-refractivity contribution is 0.414. The number of benzene rings is 1. The Kier molecular flexibility index (Phi) is 3.50. The van der Waals surface area contributed by atoms with E-state index in [1.807, 2.05) is 22.8 Å². The zero-order valence-corrected chi connectivity index (χ0v) is 12.1. The molecule has 0 unspecified atom stereocenters. The van der Waals surface area contributed by atoms with Gasteiger partial charge in [0.1, 0.15) is 11.6 Å². The summed E-state index contributed by atoms with van der Waals surface area (Å²) in [6.45, 7) is 0. The van der Waals surface area contributed by atoms with Crippen LogP contribution in [-0.4, -0.2) is 21.6 Å². The van der Waals surface area contributed by atoms with Crippen LogP contribution >= 0.6 is 11.6 Å². The number of hydrogen-bond acceptors (Lipinski definition) is 4. The van der Waals surface area contributed by atoms with E-state index in [9.17, 15) is 0 Å². The molecule has 0 fully saturated rings. The highest BCUT2D eigenvalue weighted by molar-refractivity contribution is 6.32. The van der Waals surface area contributed by atoms with Crippen LogP contribution in [0.3, 0.4) is 0 Å². The standard InChI is InChI=1S/C15H13ClN4O/c1-21-10-4-5-12(16)13(7-10)20-9-18-8-14(20)11-3-2-6-19-15(11)17/h2-9H,1H3,(H2,17,19). The number of rotatable bonds is 3. The first kappa shape index (κ1) is 13.5. The summed E-state index contributed by atoms with van der Waals surface area (Å²) in [6, 6.07) is 9.16. The molecule has 6 heteroatoms. The van der Waals surface area contributed by atoms with Gasteiger partial charge in [0.2, 0.25) is 0 Å². The molecule has 0 spiro atoms. The van der Waals surface area contributed by atoms with Crippen molar-refractivity contribution in [1.82, 2.24) is 14.5 Å². The van der Waals surface area contributed by atoms with Crippen LogP contribution in [-0.2, 0) is 0 Å². The summed E-state index contributed by atoms with van der Waals surface area (Å²) in [6.07, 6.45) is 5.06. The number of nitrogens with zero attached hydrogens (tertiary/aromatic N) is 3. The van der Waals surface area contributed by atoms with Gasteiger partial charge in [-0.05, 0) is 24.3 Å². The van der Waals surface area contributed by atoms with Crippen LogP contribution in [0.2, 0.25) is 5.02 Å². The zero-order chi connectivity index (χ0) is 14.8. The summed E-state index contributed by atoms with van der Waals surface area (Å²) in [5.74, 6) is 1.16. The van der Waals surface area contributed by atoms with E-state index < -0.39 is 0 Å². The second kappa shape index (κ2) is 5.46. The monoisotopic (exact) mass is 300 g/mol. The number of halogens is 1. The number of hydrogen-bond donors (Lipinski definition) is 1. The first-order valence-electron chi connectivity index (χ1n) is 6.28. The number of anilines is 1. The molecule has 1 aromatic carbocycles. The second-order valence-corrected chi connectivity index (χ2v) is 4.81. The number of pyridine rings is 1. The predicted molar refractivity (Wildman–Crippen MR) is 82.8 cm³/mol. The molecule has 5 nitrogen and oxygen atoms in total. The molecule has 0 aliphatic rings. The summed E-state index contributed by atoms with van der Waals surface area (Å²) in [5, 5.41) is 0.595. The van der Waals surface area contributed by atoms with Crippen LogP contribution in [0.4, 0.5) is 5.82 Å². The molecule has 2 aromatic heterocycles. The molecule has 2 heterocycles. The molecule has 0 saturated carbocycles. The molecule has 3 rings (SSSR count). The van der Waals surface area contributed by atoms with Gasteiger partial charge in [-0.25, -0.2) is 9.97 Å². The van der Waals surface area contributed by atoms with E-state index in [0.717, 1.165) is 16.9 Å². The molecule has 0 saturated heterocycles. The second-order valence-electron chi connectivity index (χ2n) is 4.40. The molecule has 0 aliphatic heterocycles. The quantitative estimate of drug-likeness (QED) is 0.807. The van der Waals surface area contributed by atoms with Crippen molar-refractivity contribution < 1.29 is 4.74 Å². The molecule has 0 atom stereocenters. The Balaban J connectivity index is 2.18. The normalized spacial score (nSPS) is 10.6. The fourth-order valence-corrected chi connectivity index (χ4v) is 2.33. The molecule has 21 heavy (non-hydrogen) atoms. The number of aromatic nitrogens is 3. The maximum absolute atomic E-state index is 6.29. The Hall–Kier alpha value is -2.53. The molecule has 106 valence electrons. The Labute approximate surface area is 127 Å². The van der Waals surface area contributed by atoms with Crippen molar-refractivity contribution in [2.75, 3.05) is 12.8 Å². The van der Waals surface area contributed by atoms with Crippen molar-refractivity contribution in [2.45, 2.75) is 0 Å². The first-order chi connectivity index (χ1) is 10.2. The number of ether oxygens (including phenoxy) is 1. The van der Waals surface area contributed by atoms with E-state index in [-0.39, 0.29) is 0 Å². The average molecular weight is 301 g/mol. The summed E-state index contributed by atoms with van der Waals surface area (Å²) in [7, 11) is 1.61. The third kappa shape index (κ3) is 2.43. The SMILES string of the molecule is COc1ccc(Cl)c(-n2cncc2-c2cccnc2N)c1. The minimum absolute atomic E-state index is 0.443. The summed E-state index contributed by atoms with van der Waals surface area (Å²) < 4.78 is 7.11. The maximum atomic E-state index is 6.29. The fourth-order valence-electron chi connectivity index (χ4n) is 2.12. The molecule has 3 aromatic rings.